The fraction of sp³-hybridized carbons (Fsp3) is 0.333. The van der Waals surface area contributed by atoms with Gasteiger partial charge in [-0.05, 0) is 19.9 Å². The topological polar surface area (TPSA) is 46.2 Å². The molecule has 0 saturated carbocycles. The molecule has 46 valence electrons. The molecule has 2 heteroatoms. The maximum Gasteiger partial charge on any atom is 0.133 e. The van der Waals surface area contributed by atoms with Crippen LogP contribution in [0.25, 0.3) is 0 Å². The fourth-order valence-corrected chi connectivity index (χ4v) is 0.315. The Morgan fingerprint density at radius 2 is 1.88 bits per heavy atom. The Morgan fingerprint density at radius 1 is 1.38 bits per heavy atom. The predicted molar refractivity (Wildman–Crippen MR) is 34.3 cm³/mol. The van der Waals surface area contributed by atoms with Crippen LogP contribution in [0.2, 0.25) is 0 Å². The molecule has 0 aliphatic rings. The maximum absolute atomic E-state index is 8.79. The summed E-state index contributed by atoms with van der Waals surface area (Å²) < 4.78 is 0. The molecule has 0 rings (SSSR count). The Bertz CT molecular complexity index is 108. The largest absolute Gasteiger partial charge is 0.506 e. The third-order valence-electron chi connectivity index (χ3n) is 0.880. The lowest BCUT2D eigenvalue weighted by Gasteiger charge is -1.94. The van der Waals surface area contributed by atoms with Crippen LogP contribution < -0.4 is 5.73 Å². The van der Waals surface area contributed by atoms with Gasteiger partial charge in [0.1, 0.15) is 5.76 Å². The zero-order valence-electron chi connectivity index (χ0n) is 5.18. The lowest BCUT2D eigenvalue weighted by molar-refractivity contribution is 0.420. The minimum atomic E-state index is 0.146. The number of hydrogen-bond acceptors (Lipinski definition) is 2. The minimum absolute atomic E-state index is 0.146. The van der Waals surface area contributed by atoms with Crippen molar-refractivity contribution >= 4 is 0 Å². The van der Waals surface area contributed by atoms with Gasteiger partial charge in [-0.25, -0.2) is 0 Å². The molecule has 0 aromatic carbocycles. The van der Waals surface area contributed by atoms with Gasteiger partial charge in [-0.1, -0.05) is 6.08 Å². The third kappa shape index (κ3) is 1.69. The molecule has 0 aliphatic carbocycles. The van der Waals surface area contributed by atoms with Crippen LogP contribution in [0, 0.1) is 0 Å². The molecule has 0 amide bonds. The molecular weight excluding hydrogens is 102 g/mol. The van der Waals surface area contributed by atoms with E-state index in [1.807, 2.05) is 0 Å². The van der Waals surface area contributed by atoms with Crippen molar-refractivity contribution in [1.82, 2.24) is 0 Å². The molecule has 3 N–H and O–H groups in total. The Morgan fingerprint density at radius 3 is 2.00 bits per heavy atom. The van der Waals surface area contributed by atoms with E-state index in [2.05, 4.69) is 0 Å². The van der Waals surface area contributed by atoms with Crippen LogP contribution in [0.15, 0.2) is 23.6 Å². The molecule has 0 aromatic rings. The highest BCUT2D eigenvalue weighted by molar-refractivity contribution is 5.19. The Balaban J connectivity index is 4.04. The third-order valence-corrected chi connectivity index (χ3v) is 0.880. The van der Waals surface area contributed by atoms with Gasteiger partial charge in [0.2, 0.25) is 0 Å². The Hall–Kier alpha value is -0.920. The zero-order valence-corrected chi connectivity index (χ0v) is 5.18. The van der Waals surface area contributed by atoms with Crippen LogP contribution in [-0.4, -0.2) is 5.11 Å². The molecule has 0 saturated heterocycles. The molecule has 0 atom stereocenters. The van der Waals surface area contributed by atoms with Gasteiger partial charge in [0.05, 0.1) is 5.70 Å². The average Bonchev–Trinajstić information content (AvgIpc) is 1.84. The summed E-state index contributed by atoms with van der Waals surface area (Å²) >= 11 is 0. The van der Waals surface area contributed by atoms with Crippen LogP contribution in [0.4, 0.5) is 0 Å². The van der Waals surface area contributed by atoms with Gasteiger partial charge < -0.3 is 10.8 Å². The van der Waals surface area contributed by atoms with Crippen molar-refractivity contribution in [2.24, 2.45) is 5.73 Å². The van der Waals surface area contributed by atoms with Gasteiger partial charge in [-0.3, -0.25) is 0 Å². The lowest BCUT2D eigenvalue weighted by atomic mass is 10.3. The van der Waals surface area contributed by atoms with Crippen LogP contribution >= 0.6 is 0 Å². The van der Waals surface area contributed by atoms with Crippen LogP contribution in [-0.2, 0) is 0 Å². The van der Waals surface area contributed by atoms with Crippen molar-refractivity contribution in [3.8, 4) is 0 Å². The molecule has 0 heterocycles. The van der Waals surface area contributed by atoms with Crippen molar-refractivity contribution in [2.45, 2.75) is 13.8 Å². The molecular formula is C6H11NO. The molecule has 0 spiro atoms. The van der Waals surface area contributed by atoms with E-state index in [0.29, 0.717) is 5.70 Å². The molecule has 8 heavy (non-hydrogen) atoms. The first-order chi connectivity index (χ1) is 3.72. The number of aliphatic hydroxyl groups excluding tert-OH is 1. The molecule has 0 fully saturated rings. The van der Waals surface area contributed by atoms with Crippen LogP contribution in [0.1, 0.15) is 13.8 Å². The van der Waals surface area contributed by atoms with Crippen LogP contribution in [0.3, 0.4) is 0 Å². The standard InChI is InChI=1S/C6H11NO/c1-3-5(7)6(8)4-2/h3-4,8H,7H2,1-2H3/b5-3+,6-4+. The van der Waals surface area contributed by atoms with Crippen molar-refractivity contribution < 1.29 is 5.11 Å². The second kappa shape index (κ2) is 3.13. The first-order valence-corrected chi connectivity index (χ1v) is 2.49. The maximum atomic E-state index is 8.79. The van der Waals surface area contributed by atoms with E-state index in [9.17, 15) is 0 Å². The van der Waals surface area contributed by atoms with Crippen molar-refractivity contribution in [3.05, 3.63) is 23.6 Å². The Labute approximate surface area is 49.3 Å². The normalized spacial score (nSPS) is 14.2. The van der Waals surface area contributed by atoms with Gasteiger partial charge in [-0.2, -0.15) is 0 Å². The summed E-state index contributed by atoms with van der Waals surface area (Å²) in [6.45, 7) is 3.50. The van der Waals surface area contributed by atoms with Gasteiger partial charge in [0, 0.05) is 0 Å². The zero-order chi connectivity index (χ0) is 6.57. The number of hydrogen-bond donors (Lipinski definition) is 2. The first kappa shape index (κ1) is 7.08. The second-order valence-electron chi connectivity index (χ2n) is 1.42. The van der Waals surface area contributed by atoms with E-state index < -0.39 is 0 Å². The van der Waals surface area contributed by atoms with E-state index in [4.69, 9.17) is 10.8 Å². The summed E-state index contributed by atoms with van der Waals surface area (Å²) in [4.78, 5) is 0. The summed E-state index contributed by atoms with van der Waals surface area (Å²) in [6, 6.07) is 0. The molecule has 0 aliphatic heterocycles. The minimum Gasteiger partial charge on any atom is -0.506 e. The molecule has 0 radical (unpaired) electrons. The fourth-order valence-electron chi connectivity index (χ4n) is 0.315. The summed E-state index contributed by atoms with van der Waals surface area (Å²) in [5.41, 5.74) is 5.69. The van der Waals surface area contributed by atoms with Gasteiger partial charge in [0.25, 0.3) is 0 Å². The summed E-state index contributed by atoms with van der Waals surface area (Å²) in [5.74, 6) is 0.146. The smallest absolute Gasteiger partial charge is 0.133 e. The SMILES string of the molecule is C/C=C(N)\C(O)=C/C. The molecule has 0 aromatic heterocycles. The number of nitrogens with two attached hydrogens (primary N) is 1. The van der Waals surface area contributed by atoms with Gasteiger partial charge >= 0.3 is 0 Å². The second-order valence-corrected chi connectivity index (χ2v) is 1.42. The highest BCUT2D eigenvalue weighted by Crippen LogP contribution is 1.95. The highest BCUT2D eigenvalue weighted by Gasteiger charge is 1.89. The Kier molecular flexibility index (Phi) is 2.77. The van der Waals surface area contributed by atoms with E-state index >= 15 is 0 Å². The quantitative estimate of drug-likeness (QED) is 0.398. The highest BCUT2D eigenvalue weighted by atomic mass is 16.3. The van der Waals surface area contributed by atoms with Crippen molar-refractivity contribution in [1.29, 1.82) is 0 Å². The number of allylic oxidation sites excluding steroid dienone is 2. The molecule has 0 unspecified atom stereocenters. The lowest BCUT2D eigenvalue weighted by Crippen LogP contribution is -1.98. The van der Waals surface area contributed by atoms with E-state index in [0.717, 1.165) is 0 Å². The summed E-state index contributed by atoms with van der Waals surface area (Å²) in [5, 5.41) is 8.79. The number of rotatable bonds is 1. The van der Waals surface area contributed by atoms with Crippen LogP contribution in [0.5, 0.6) is 0 Å². The predicted octanol–water partition coefficient (Wildman–Crippen LogP) is 1.31. The number of aliphatic hydroxyl groups is 1. The summed E-state index contributed by atoms with van der Waals surface area (Å²) in [6.07, 6.45) is 3.20. The average molecular weight is 113 g/mol. The van der Waals surface area contributed by atoms with Crippen molar-refractivity contribution in [3.63, 3.8) is 0 Å². The van der Waals surface area contributed by atoms with E-state index in [-0.39, 0.29) is 5.76 Å². The van der Waals surface area contributed by atoms with Gasteiger partial charge in [-0.15, -0.1) is 0 Å². The summed E-state index contributed by atoms with van der Waals surface area (Å²) in [7, 11) is 0. The van der Waals surface area contributed by atoms with Gasteiger partial charge in [0.15, 0.2) is 0 Å². The van der Waals surface area contributed by atoms with E-state index in [1.165, 1.54) is 0 Å². The molecule has 0 bridgehead atoms. The van der Waals surface area contributed by atoms with E-state index in [1.54, 1.807) is 26.0 Å². The van der Waals surface area contributed by atoms with Crippen molar-refractivity contribution in [2.75, 3.05) is 0 Å². The first-order valence-electron chi connectivity index (χ1n) is 2.49. The molecule has 2 nitrogen and oxygen atoms in total. The monoisotopic (exact) mass is 113 g/mol.